The van der Waals surface area contributed by atoms with Crippen LogP contribution in [0.2, 0.25) is 0 Å². The molecule has 3 aromatic rings. The van der Waals surface area contributed by atoms with Crippen molar-refractivity contribution in [2.45, 2.75) is 13.8 Å². The number of benzene rings is 3. The minimum absolute atomic E-state index is 0.162. The highest BCUT2D eigenvalue weighted by Crippen LogP contribution is 2.16. The quantitative estimate of drug-likeness (QED) is 0.553. The number of carbonyl (C=O) groups is 2. The van der Waals surface area contributed by atoms with E-state index in [2.05, 4.69) is 16.0 Å². The van der Waals surface area contributed by atoms with Gasteiger partial charge in [-0.2, -0.15) is 0 Å². The molecule has 3 rings (SSSR count). The highest BCUT2D eigenvalue weighted by Gasteiger charge is 2.10. The third-order valence-corrected chi connectivity index (χ3v) is 4.50. The fourth-order valence-corrected chi connectivity index (χ4v) is 3.00. The van der Waals surface area contributed by atoms with Crippen LogP contribution in [0.4, 0.5) is 11.4 Å². The van der Waals surface area contributed by atoms with E-state index >= 15 is 0 Å². The van der Waals surface area contributed by atoms with Crippen LogP contribution in [0.3, 0.4) is 0 Å². The summed E-state index contributed by atoms with van der Waals surface area (Å²) in [6.45, 7) is 3.82. The van der Waals surface area contributed by atoms with Crippen LogP contribution in [0.1, 0.15) is 31.8 Å². The molecule has 6 heteroatoms. The monoisotopic (exact) mass is 403 g/mol. The van der Waals surface area contributed by atoms with Gasteiger partial charge in [0.15, 0.2) is 5.11 Å². The summed E-state index contributed by atoms with van der Waals surface area (Å²) in [5.74, 6) is -0.432. The molecule has 0 unspecified atom stereocenters. The summed E-state index contributed by atoms with van der Waals surface area (Å²) in [5, 5.41) is 8.69. The van der Waals surface area contributed by atoms with Crippen LogP contribution in [0.5, 0.6) is 0 Å². The van der Waals surface area contributed by atoms with Crippen molar-refractivity contribution in [3.63, 3.8) is 0 Å². The lowest BCUT2D eigenvalue weighted by molar-refractivity contribution is 0.0976. The van der Waals surface area contributed by atoms with Crippen molar-refractivity contribution in [1.29, 1.82) is 0 Å². The van der Waals surface area contributed by atoms with Gasteiger partial charge >= 0.3 is 0 Å². The number of rotatable bonds is 4. The summed E-state index contributed by atoms with van der Waals surface area (Å²) in [6, 6.07) is 21.8. The number of hydrogen-bond acceptors (Lipinski definition) is 3. The average Bonchev–Trinajstić information content (AvgIpc) is 2.69. The summed E-state index contributed by atoms with van der Waals surface area (Å²) >= 11 is 5.21. The molecular weight excluding hydrogens is 382 g/mol. The van der Waals surface area contributed by atoms with E-state index < -0.39 is 0 Å². The number of carbonyl (C=O) groups excluding carboxylic acids is 2. The lowest BCUT2D eigenvalue weighted by Gasteiger charge is -2.11. The van der Waals surface area contributed by atoms with Crippen molar-refractivity contribution in [3.8, 4) is 0 Å². The van der Waals surface area contributed by atoms with Crippen LogP contribution in [-0.4, -0.2) is 16.9 Å². The molecule has 0 aliphatic rings. The van der Waals surface area contributed by atoms with Gasteiger partial charge < -0.3 is 10.6 Å². The van der Waals surface area contributed by atoms with E-state index in [-0.39, 0.29) is 16.9 Å². The van der Waals surface area contributed by atoms with Crippen molar-refractivity contribution in [2.24, 2.45) is 0 Å². The molecule has 146 valence electrons. The predicted octanol–water partition coefficient (Wildman–Crippen LogP) is 4.68. The van der Waals surface area contributed by atoms with Gasteiger partial charge in [0, 0.05) is 22.5 Å². The fraction of sp³-hybridized carbons (Fsp3) is 0.0870. The molecule has 0 saturated heterocycles. The highest BCUT2D eigenvalue weighted by molar-refractivity contribution is 7.80. The van der Waals surface area contributed by atoms with Gasteiger partial charge in [-0.25, -0.2) is 0 Å². The van der Waals surface area contributed by atoms with E-state index in [1.165, 1.54) is 0 Å². The van der Waals surface area contributed by atoms with E-state index in [0.717, 1.165) is 11.1 Å². The van der Waals surface area contributed by atoms with Crippen LogP contribution in [0, 0.1) is 13.8 Å². The summed E-state index contributed by atoms with van der Waals surface area (Å²) in [6.07, 6.45) is 0. The van der Waals surface area contributed by atoms with Gasteiger partial charge in [0.1, 0.15) is 0 Å². The number of amides is 2. The zero-order chi connectivity index (χ0) is 20.8. The van der Waals surface area contributed by atoms with Gasteiger partial charge in [0.25, 0.3) is 11.8 Å². The maximum Gasteiger partial charge on any atom is 0.257 e. The molecule has 3 N–H and O–H groups in total. The zero-order valence-corrected chi connectivity index (χ0v) is 17.0. The fourth-order valence-electron chi connectivity index (χ4n) is 2.79. The molecule has 2 amide bonds. The van der Waals surface area contributed by atoms with Gasteiger partial charge in [0.05, 0.1) is 0 Å². The Morgan fingerprint density at radius 2 is 1.41 bits per heavy atom. The first-order valence-electron chi connectivity index (χ1n) is 9.08. The van der Waals surface area contributed by atoms with Crippen molar-refractivity contribution in [1.82, 2.24) is 5.32 Å². The van der Waals surface area contributed by atoms with E-state index in [9.17, 15) is 9.59 Å². The highest BCUT2D eigenvalue weighted by atomic mass is 32.1. The first kappa shape index (κ1) is 20.2. The van der Waals surface area contributed by atoms with Crippen LogP contribution in [-0.2, 0) is 0 Å². The Bertz CT molecular complexity index is 1060. The molecule has 0 radical (unpaired) electrons. The molecule has 0 heterocycles. The number of aryl methyl sites for hydroxylation is 2. The lowest BCUT2D eigenvalue weighted by atomic mass is 10.1. The Hall–Kier alpha value is -3.51. The smallest absolute Gasteiger partial charge is 0.257 e. The SMILES string of the molecule is Cc1cccc(C(=O)NC(=S)Nc2ccc(NC(=O)c3ccccc3C)cc2)c1. The molecule has 5 nitrogen and oxygen atoms in total. The molecule has 0 fully saturated rings. The second kappa shape index (κ2) is 9.12. The normalized spacial score (nSPS) is 10.1. The Morgan fingerprint density at radius 3 is 2.07 bits per heavy atom. The molecule has 0 spiro atoms. The third kappa shape index (κ3) is 5.49. The molecule has 0 aromatic heterocycles. The predicted molar refractivity (Wildman–Crippen MR) is 120 cm³/mol. The van der Waals surface area contributed by atoms with Gasteiger partial charge in [-0.1, -0.05) is 35.9 Å². The van der Waals surface area contributed by atoms with Gasteiger partial charge in [-0.15, -0.1) is 0 Å². The van der Waals surface area contributed by atoms with Crippen LogP contribution < -0.4 is 16.0 Å². The van der Waals surface area contributed by atoms with Crippen molar-refractivity contribution in [3.05, 3.63) is 95.1 Å². The maximum atomic E-state index is 12.4. The average molecular weight is 404 g/mol. The summed E-state index contributed by atoms with van der Waals surface area (Å²) in [5.41, 5.74) is 4.46. The Morgan fingerprint density at radius 1 is 0.759 bits per heavy atom. The minimum Gasteiger partial charge on any atom is -0.332 e. The number of nitrogens with one attached hydrogen (secondary N) is 3. The largest absolute Gasteiger partial charge is 0.332 e. The molecular formula is C23H21N3O2S. The first-order chi connectivity index (χ1) is 13.9. The van der Waals surface area contributed by atoms with Crippen molar-refractivity contribution >= 4 is 40.5 Å². The molecule has 0 saturated carbocycles. The lowest BCUT2D eigenvalue weighted by Crippen LogP contribution is -2.34. The van der Waals surface area contributed by atoms with E-state index in [1.807, 2.05) is 44.2 Å². The molecule has 0 aliphatic carbocycles. The summed E-state index contributed by atoms with van der Waals surface area (Å²) in [4.78, 5) is 24.6. The van der Waals surface area contributed by atoms with Crippen molar-refractivity contribution < 1.29 is 9.59 Å². The molecule has 0 aliphatic heterocycles. The van der Waals surface area contributed by atoms with Crippen LogP contribution in [0.15, 0.2) is 72.8 Å². The van der Waals surface area contributed by atoms with Gasteiger partial charge in [-0.3, -0.25) is 14.9 Å². The van der Waals surface area contributed by atoms with E-state index in [4.69, 9.17) is 12.2 Å². The maximum absolute atomic E-state index is 12.4. The van der Waals surface area contributed by atoms with E-state index in [0.29, 0.717) is 22.5 Å². The van der Waals surface area contributed by atoms with Crippen molar-refractivity contribution in [2.75, 3.05) is 10.6 Å². The number of hydrogen-bond donors (Lipinski definition) is 3. The molecule has 0 atom stereocenters. The zero-order valence-electron chi connectivity index (χ0n) is 16.2. The Kier molecular flexibility index (Phi) is 6.36. The van der Waals surface area contributed by atoms with Gasteiger partial charge in [0.2, 0.25) is 0 Å². The standard InChI is InChI=1S/C23H21N3O2S/c1-15-6-5-8-17(14-15)21(27)26-23(29)25-19-12-10-18(11-13-19)24-22(28)20-9-4-3-7-16(20)2/h3-14H,1-2H3,(H,24,28)(H2,25,26,27,29). The first-order valence-corrected chi connectivity index (χ1v) is 9.49. The molecule has 29 heavy (non-hydrogen) atoms. The second-order valence-electron chi connectivity index (χ2n) is 6.62. The van der Waals surface area contributed by atoms with Crippen LogP contribution >= 0.6 is 12.2 Å². The minimum atomic E-state index is -0.270. The third-order valence-electron chi connectivity index (χ3n) is 4.30. The number of thiocarbonyl (C=S) groups is 1. The summed E-state index contributed by atoms with van der Waals surface area (Å²) < 4.78 is 0. The van der Waals surface area contributed by atoms with Crippen LogP contribution in [0.25, 0.3) is 0 Å². The van der Waals surface area contributed by atoms with E-state index in [1.54, 1.807) is 42.5 Å². The molecule has 3 aromatic carbocycles. The topological polar surface area (TPSA) is 70.2 Å². The van der Waals surface area contributed by atoms with Gasteiger partial charge in [-0.05, 0) is 74.1 Å². The Balaban J connectivity index is 1.57. The summed E-state index contributed by atoms with van der Waals surface area (Å²) in [7, 11) is 0. The molecule has 0 bridgehead atoms. The Labute approximate surface area is 175 Å². The number of anilines is 2. The second-order valence-corrected chi connectivity index (χ2v) is 7.03.